The van der Waals surface area contributed by atoms with Crippen molar-refractivity contribution in [3.05, 3.63) is 40.4 Å². The summed E-state index contributed by atoms with van der Waals surface area (Å²) in [4.78, 5) is 8.90. The minimum Gasteiger partial charge on any atom is -0.371 e. The van der Waals surface area contributed by atoms with Gasteiger partial charge in [0.05, 0.1) is 24.1 Å². The predicted octanol–water partition coefficient (Wildman–Crippen LogP) is 3.18. The Morgan fingerprint density at radius 3 is 2.65 bits per heavy atom. The van der Waals surface area contributed by atoms with E-state index >= 15 is 0 Å². The van der Waals surface area contributed by atoms with E-state index in [9.17, 15) is 0 Å². The molecule has 6 heteroatoms. The first-order chi connectivity index (χ1) is 9.56. The molecule has 2 heterocycles. The highest BCUT2D eigenvalue weighted by Crippen LogP contribution is 2.35. The van der Waals surface area contributed by atoms with E-state index in [0.29, 0.717) is 5.15 Å². The lowest BCUT2D eigenvalue weighted by atomic mass is 10.1. The number of halogens is 2. The summed E-state index contributed by atoms with van der Waals surface area (Å²) in [6, 6.07) is 6.00. The van der Waals surface area contributed by atoms with Crippen LogP contribution in [-0.2, 0) is 13.6 Å². The van der Waals surface area contributed by atoms with Crippen LogP contribution in [-0.4, -0.2) is 29.7 Å². The van der Waals surface area contributed by atoms with Gasteiger partial charge in [0.15, 0.2) is 0 Å². The third kappa shape index (κ3) is 2.34. The summed E-state index contributed by atoms with van der Waals surface area (Å²) in [6.07, 6.45) is 1.69. The molecule has 20 heavy (non-hydrogen) atoms. The Bertz CT molecular complexity index is 638. The number of fused-ring (bicyclic) bond motifs is 1. The Kier molecular flexibility index (Phi) is 3.52. The molecule has 0 spiro atoms. The lowest BCUT2D eigenvalue weighted by Crippen LogP contribution is -2.39. The maximum absolute atomic E-state index is 6.14. The molecule has 106 valence electrons. The van der Waals surface area contributed by atoms with Gasteiger partial charge < -0.3 is 14.4 Å². The SMILES string of the molecule is CN1CCN(Cc2ncc(Cl)n2C)c2cc(Cl)ccc21. The smallest absolute Gasteiger partial charge is 0.129 e. The quantitative estimate of drug-likeness (QED) is 0.851. The first-order valence-corrected chi connectivity index (χ1v) is 7.23. The number of benzene rings is 1. The first-order valence-electron chi connectivity index (χ1n) is 6.48. The molecule has 1 aromatic heterocycles. The van der Waals surface area contributed by atoms with Gasteiger partial charge in [0.1, 0.15) is 11.0 Å². The third-order valence-corrected chi connectivity index (χ3v) is 4.34. The highest BCUT2D eigenvalue weighted by molar-refractivity contribution is 6.31. The van der Waals surface area contributed by atoms with Crippen molar-refractivity contribution in [2.24, 2.45) is 7.05 Å². The summed E-state index contributed by atoms with van der Waals surface area (Å²) in [5.74, 6) is 0.950. The second-order valence-corrected chi connectivity index (χ2v) is 5.86. The highest BCUT2D eigenvalue weighted by atomic mass is 35.5. The van der Waals surface area contributed by atoms with Gasteiger partial charge in [0, 0.05) is 32.2 Å². The number of imidazole rings is 1. The number of hydrogen-bond acceptors (Lipinski definition) is 3. The maximum Gasteiger partial charge on any atom is 0.129 e. The lowest BCUT2D eigenvalue weighted by molar-refractivity contribution is 0.687. The van der Waals surface area contributed by atoms with Crippen LogP contribution in [0.25, 0.3) is 0 Å². The van der Waals surface area contributed by atoms with E-state index < -0.39 is 0 Å². The van der Waals surface area contributed by atoms with Crippen molar-refractivity contribution >= 4 is 34.6 Å². The molecule has 0 saturated heterocycles. The Balaban J connectivity index is 1.94. The molecule has 0 radical (unpaired) electrons. The fraction of sp³-hybridized carbons (Fsp3) is 0.357. The molecule has 1 aliphatic heterocycles. The number of aromatic nitrogens is 2. The van der Waals surface area contributed by atoms with Crippen LogP contribution in [0.2, 0.25) is 10.2 Å². The summed E-state index contributed by atoms with van der Waals surface area (Å²) < 4.78 is 1.91. The van der Waals surface area contributed by atoms with Gasteiger partial charge in [-0.25, -0.2) is 4.98 Å². The topological polar surface area (TPSA) is 24.3 Å². The number of likely N-dealkylation sites (N-methyl/N-ethyl adjacent to an activating group) is 1. The van der Waals surface area contributed by atoms with Gasteiger partial charge in [-0.05, 0) is 18.2 Å². The zero-order valence-electron chi connectivity index (χ0n) is 11.5. The van der Waals surface area contributed by atoms with E-state index in [1.54, 1.807) is 6.20 Å². The van der Waals surface area contributed by atoms with Crippen molar-refractivity contribution in [2.75, 3.05) is 29.9 Å². The average molecular weight is 311 g/mol. The number of anilines is 2. The molecule has 0 amide bonds. The molecule has 0 bridgehead atoms. The van der Waals surface area contributed by atoms with Crippen LogP contribution in [0.1, 0.15) is 5.82 Å². The first kappa shape index (κ1) is 13.6. The minimum atomic E-state index is 0.653. The molecule has 0 aliphatic carbocycles. The molecule has 0 saturated carbocycles. The van der Waals surface area contributed by atoms with Crippen LogP contribution >= 0.6 is 23.2 Å². The molecule has 1 aliphatic rings. The molecule has 0 N–H and O–H groups in total. The predicted molar refractivity (Wildman–Crippen MR) is 84.0 cm³/mol. The van der Waals surface area contributed by atoms with Crippen LogP contribution in [0.4, 0.5) is 11.4 Å². The van der Waals surface area contributed by atoms with E-state index in [1.807, 2.05) is 23.7 Å². The fourth-order valence-electron chi connectivity index (χ4n) is 2.49. The minimum absolute atomic E-state index is 0.653. The van der Waals surface area contributed by atoms with Crippen LogP contribution < -0.4 is 9.80 Å². The van der Waals surface area contributed by atoms with Crippen LogP contribution in [0.5, 0.6) is 0 Å². The van der Waals surface area contributed by atoms with Gasteiger partial charge in [-0.3, -0.25) is 0 Å². The monoisotopic (exact) mass is 310 g/mol. The summed E-state index contributed by atoms with van der Waals surface area (Å²) >= 11 is 12.2. The van der Waals surface area contributed by atoms with Gasteiger partial charge in [-0.15, -0.1) is 0 Å². The summed E-state index contributed by atoms with van der Waals surface area (Å²) in [6.45, 7) is 2.64. The number of rotatable bonds is 2. The summed E-state index contributed by atoms with van der Waals surface area (Å²) in [5.41, 5.74) is 2.34. The molecule has 0 unspecified atom stereocenters. The molecule has 4 nitrogen and oxygen atoms in total. The average Bonchev–Trinajstić information content (AvgIpc) is 2.74. The van der Waals surface area contributed by atoms with E-state index in [1.165, 1.54) is 5.69 Å². The van der Waals surface area contributed by atoms with E-state index in [-0.39, 0.29) is 0 Å². The van der Waals surface area contributed by atoms with Gasteiger partial charge in [-0.1, -0.05) is 23.2 Å². The normalized spacial score (nSPS) is 14.6. The zero-order chi connectivity index (χ0) is 14.3. The largest absolute Gasteiger partial charge is 0.371 e. The molecule has 0 atom stereocenters. The fourth-order valence-corrected chi connectivity index (χ4v) is 2.80. The van der Waals surface area contributed by atoms with Gasteiger partial charge in [0.25, 0.3) is 0 Å². The highest BCUT2D eigenvalue weighted by Gasteiger charge is 2.22. The molecular formula is C14H16Cl2N4. The van der Waals surface area contributed by atoms with Crippen molar-refractivity contribution in [3.8, 4) is 0 Å². The van der Waals surface area contributed by atoms with E-state index in [2.05, 4.69) is 27.9 Å². The molecule has 1 aromatic carbocycles. The Morgan fingerprint density at radius 2 is 1.95 bits per heavy atom. The standard InChI is InChI=1S/C14H16Cl2N4/c1-18-5-6-20(9-14-17-8-13(16)19(14)2)12-7-10(15)3-4-11(12)18/h3-4,7-8H,5-6,9H2,1-2H3. The van der Waals surface area contributed by atoms with Gasteiger partial charge >= 0.3 is 0 Å². The summed E-state index contributed by atoms with van der Waals surface area (Å²) in [5, 5.41) is 1.40. The molecule has 2 aromatic rings. The van der Waals surface area contributed by atoms with Crippen molar-refractivity contribution in [2.45, 2.75) is 6.54 Å². The second kappa shape index (κ2) is 5.19. The van der Waals surface area contributed by atoms with Crippen LogP contribution in [0.15, 0.2) is 24.4 Å². The number of nitrogens with zero attached hydrogens (tertiary/aromatic N) is 4. The van der Waals surface area contributed by atoms with Crippen LogP contribution in [0.3, 0.4) is 0 Å². The van der Waals surface area contributed by atoms with Crippen molar-refractivity contribution < 1.29 is 0 Å². The molecule has 0 fully saturated rings. The van der Waals surface area contributed by atoms with Gasteiger partial charge in [0.2, 0.25) is 0 Å². The van der Waals surface area contributed by atoms with Crippen molar-refractivity contribution in [1.29, 1.82) is 0 Å². The van der Waals surface area contributed by atoms with E-state index in [4.69, 9.17) is 23.2 Å². The second-order valence-electron chi connectivity index (χ2n) is 5.03. The lowest BCUT2D eigenvalue weighted by Gasteiger charge is -2.37. The summed E-state index contributed by atoms with van der Waals surface area (Å²) in [7, 11) is 4.03. The van der Waals surface area contributed by atoms with Crippen LogP contribution in [0, 0.1) is 0 Å². The van der Waals surface area contributed by atoms with Crippen molar-refractivity contribution in [3.63, 3.8) is 0 Å². The molecular weight excluding hydrogens is 295 g/mol. The van der Waals surface area contributed by atoms with Crippen molar-refractivity contribution in [1.82, 2.24) is 9.55 Å². The Labute approximate surface area is 128 Å². The maximum atomic E-state index is 6.14. The Morgan fingerprint density at radius 1 is 1.15 bits per heavy atom. The Hall–Kier alpha value is -1.39. The number of hydrogen-bond donors (Lipinski definition) is 0. The van der Waals surface area contributed by atoms with E-state index in [0.717, 1.165) is 36.2 Å². The molecule has 3 rings (SSSR count). The third-order valence-electron chi connectivity index (χ3n) is 3.75. The zero-order valence-corrected chi connectivity index (χ0v) is 13.0. The van der Waals surface area contributed by atoms with Gasteiger partial charge in [-0.2, -0.15) is 0 Å².